The first-order chi connectivity index (χ1) is 25.5. The summed E-state index contributed by atoms with van der Waals surface area (Å²) in [5.41, 5.74) is 10.5. The number of H-pyrrole nitrogens is 2. The van der Waals surface area contributed by atoms with Crippen molar-refractivity contribution in [3.05, 3.63) is 68.8 Å². The zero-order chi connectivity index (χ0) is 38.2. The van der Waals surface area contributed by atoms with E-state index < -0.39 is 5.97 Å². The summed E-state index contributed by atoms with van der Waals surface area (Å²) in [7, 11) is 3.33. The van der Waals surface area contributed by atoms with Gasteiger partial charge in [0.25, 0.3) is 0 Å². The number of aliphatic carboxylic acids is 1. The molecule has 286 valence electrons. The van der Waals surface area contributed by atoms with Crippen LogP contribution in [0.2, 0.25) is 0 Å². The number of aliphatic hydroxyl groups excluding tert-OH is 1. The third kappa shape index (κ3) is 9.05. The third-order valence-corrected chi connectivity index (χ3v) is 10.1. The maximum Gasteiger partial charge on any atom is 0.338 e. The Morgan fingerprint density at radius 3 is 2.08 bits per heavy atom. The van der Waals surface area contributed by atoms with E-state index in [1.54, 1.807) is 26.0 Å². The number of aryl methyl sites for hydroxylation is 3. The van der Waals surface area contributed by atoms with Crippen LogP contribution in [0.15, 0.2) is 18.2 Å². The lowest BCUT2D eigenvalue weighted by molar-refractivity contribution is -0.131. The number of nitrogens with one attached hydrogen (secondary N) is 2. The van der Waals surface area contributed by atoms with Crippen molar-refractivity contribution >= 4 is 45.1 Å². The molecule has 3 aromatic rings. The molecule has 0 radical (unpaired) electrons. The van der Waals surface area contributed by atoms with Crippen LogP contribution in [0.1, 0.15) is 77.3 Å². The molecular weight excluding hydrogens is 678 g/mol. The SMILES string of the molecule is CCc1c(C)c2cc3[nH]c(cc4nc(c(CC(=O)N(C)CCOCCOCCOCCOC)c5nc(cc1[nH]2)C(C)=C5C(=O)O)CC4C)c(C)c3CO. The number of aromatic nitrogens is 4. The minimum atomic E-state index is -1.11. The van der Waals surface area contributed by atoms with Gasteiger partial charge < -0.3 is 44.0 Å². The third-order valence-electron chi connectivity index (χ3n) is 10.1. The standard InChI is InChI=1S/C40H53N5O8/c1-8-27-24(3)32-20-36-29(22-46)25(4)31(43-36)19-30-23(2)17-34(41-30)28(39-38(40(48)49)26(5)33(44-39)21-35(27)42-32)18-37(47)45(6)9-10-51-13-14-53-16-15-52-12-11-50-7/h19-21,23,42-43,46H,8-18,22H2,1-7H3,(H,48,49). The molecule has 0 saturated carbocycles. The van der Waals surface area contributed by atoms with Gasteiger partial charge in [-0.1, -0.05) is 13.8 Å². The van der Waals surface area contributed by atoms with Crippen LogP contribution in [0.4, 0.5) is 0 Å². The van der Waals surface area contributed by atoms with Crippen molar-refractivity contribution in [1.29, 1.82) is 0 Å². The Kier molecular flexibility index (Phi) is 13.6. The van der Waals surface area contributed by atoms with Crippen molar-refractivity contribution in [3.63, 3.8) is 0 Å². The monoisotopic (exact) mass is 731 g/mol. The number of carboxylic acid groups (broad SMARTS) is 1. The van der Waals surface area contributed by atoms with E-state index in [-0.39, 0.29) is 36.1 Å². The number of rotatable bonds is 17. The van der Waals surface area contributed by atoms with Crippen LogP contribution in [0.3, 0.4) is 0 Å². The molecule has 2 aliphatic rings. The second kappa shape index (κ2) is 18.1. The molecule has 3 aromatic heterocycles. The van der Waals surface area contributed by atoms with Crippen LogP contribution in [0.5, 0.6) is 0 Å². The highest BCUT2D eigenvalue weighted by atomic mass is 16.6. The Morgan fingerprint density at radius 2 is 1.45 bits per heavy atom. The Bertz CT molecular complexity index is 2010. The molecule has 0 aliphatic carbocycles. The number of allylic oxidation sites excluding steroid dienone is 1. The molecule has 4 N–H and O–H groups in total. The normalized spacial score (nSPS) is 14.3. The number of carboxylic acids is 1. The van der Waals surface area contributed by atoms with Gasteiger partial charge in [0.05, 0.1) is 76.2 Å². The lowest BCUT2D eigenvalue weighted by atomic mass is 9.96. The Hall–Kier alpha value is -4.40. The van der Waals surface area contributed by atoms with E-state index in [9.17, 15) is 19.8 Å². The van der Waals surface area contributed by atoms with Gasteiger partial charge in [-0.3, -0.25) is 9.78 Å². The molecule has 13 nitrogen and oxygen atoms in total. The van der Waals surface area contributed by atoms with E-state index in [0.29, 0.717) is 81.7 Å². The van der Waals surface area contributed by atoms with Crippen LogP contribution >= 0.6 is 0 Å². The van der Waals surface area contributed by atoms with Gasteiger partial charge in [-0.15, -0.1) is 0 Å². The molecule has 5 heterocycles. The van der Waals surface area contributed by atoms with Gasteiger partial charge in [0.15, 0.2) is 0 Å². The highest BCUT2D eigenvalue weighted by Gasteiger charge is 2.30. The van der Waals surface area contributed by atoms with Crippen molar-refractivity contribution in [2.75, 3.05) is 67.0 Å². The van der Waals surface area contributed by atoms with Crippen LogP contribution in [0.25, 0.3) is 33.2 Å². The van der Waals surface area contributed by atoms with Crippen molar-refractivity contribution in [1.82, 2.24) is 24.8 Å². The molecule has 0 saturated heterocycles. The molecular formula is C40H53N5O8. The van der Waals surface area contributed by atoms with Crippen LogP contribution < -0.4 is 0 Å². The van der Waals surface area contributed by atoms with Gasteiger partial charge in [0, 0.05) is 71.2 Å². The molecule has 8 bridgehead atoms. The van der Waals surface area contributed by atoms with E-state index in [1.807, 2.05) is 25.1 Å². The minimum Gasteiger partial charge on any atom is -0.478 e. The number of methoxy groups -OCH3 is 1. The summed E-state index contributed by atoms with van der Waals surface area (Å²) in [5.74, 6) is -1.33. The first kappa shape index (κ1) is 39.8. The smallest absolute Gasteiger partial charge is 0.338 e. The summed E-state index contributed by atoms with van der Waals surface area (Å²) in [6.45, 7) is 13.2. The molecule has 1 amide bonds. The van der Waals surface area contributed by atoms with Crippen LogP contribution in [-0.2, 0) is 54.4 Å². The molecule has 2 aliphatic heterocycles. The predicted molar refractivity (Wildman–Crippen MR) is 204 cm³/mol. The van der Waals surface area contributed by atoms with E-state index >= 15 is 0 Å². The number of aromatic amines is 2. The number of fused-ring (bicyclic) bond motifs is 8. The first-order valence-corrected chi connectivity index (χ1v) is 18.2. The summed E-state index contributed by atoms with van der Waals surface area (Å²) in [5, 5.41) is 20.9. The zero-order valence-electron chi connectivity index (χ0n) is 32.0. The molecule has 53 heavy (non-hydrogen) atoms. The van der Waals surface area contributed by atoms with Crippen molar-refractivity contribution in [2.24, 2.45) is 0 Å². The topological polar surface area (TPSA) is 172 Å². The predicted octanol–water partition coefficient (Wildman–Crippen LogP) is 5.04. The van der Waals surface area contributed by atoms with Gasteiger partial charge in [-0.2, -0.15) is 0 Å². The molecule has 1 atom stereocenters. The van der Waals surface area contributed by atoms with E-state index in [1.165, 1.54) is 0 Å². The molecule has 5 rings (SSSR count). The molecule has 0 spiro atoms. The van der Waals surface area contributed by atoms with E-state index in [4.69, 9.17) is 28.9 Å². The highest BCUT2D eigenvalue weighted by Crippen LogP contribution is 2.36. The summed E-state index contributed by atoms with van der Waals surface area (Å²) in [4.78, 5) is 45.4. The Morgan fingerprint density at radius 1 is 0.849 bits per heavy atom. The lowest BCUT2D eigenvalue weighted by Crippen LogP contribution is -2.32. The average Bonchev–Trinajstić information content (AvgIpc) is 3.83. The van der Waals surface area contributed by atoms with Gasteiger partial charge >= 0.3 is 5.97 Å². The number of nitrogens with zero attached hydrogens (tertiary/aromatic N) is 3. The summed E-state index contributed by atoms with van der Waals surface area (Å²) >= 11 is 0. The summed E-state index contributed by atoms with van der Waals surface area (Å²) in [6, 6.07) is 5.89. The molecule has 0 aromatic carbocycles. The van der Waals surface area contributed by atoms with Crippen molar-refractivity contribution in [3.8, 4) is 0 Å². The average molecular weight is 732 g/mol. The Balaban J connectivity index is 1.54. The number of hydrogen-bond donors (Lipinski definition) is 4. The van der Waals surface area contributed by atoms with Gasteiger partial charge in [0.2, 0.25) is 5.91 Å². The maximum atomic E-state index is 13.8. The number of ether oxygens (including phenoxy) is 4. The van der Waals surface area contributed by atoms with Gasteiger partial charge in [0.1, 0.15) is 0 Å². The highest BCUT2D eigenvalue weighted by molar-refractivity contribution is 6.24. The number of hydrogen-bond acceptors (Lipinski definition) is 9. The first-order valence-electron chi connectivity index (χ1n) is 18.2. The molecule has 13 heteroatoms. The van der Waals surface area contributed by atoms with Crippen LogP contribution in [-0.4, -0.2) is 114 Å². The Labute approximate surface area is 310 Å². The number of carbonyl (C=O) groups is 2. The maximum absolute atomic E-state index is 13.8. The summed E-state index contributed by atoms with van der Waals surface area (Å²) < 4.78 is 21.6. The second-order valence-electron chi connectivity index (χ2n) is 13.6. The molecule has 1 unspecified atom stereocenters. The number of likely N-dealkylation sites (N-methyl/N-ethyl adjacent to an activating group) is 1. The second-order valence-corrected chi connectivity index (χ2v) is 13.6. The minimum absolute atomic E-state index is 0.0148. The zero-order valence-corrected chi connectivity index (χ0v) is 32.0. The van der Waals surface area contributed by atoms with Crippen molar-refractivity contribution in [2.45, 2.75) is 66.4 Å². The quantitative estimate of drug-likeness (QED) is 0.138. The molecule has 0 fully saturated rings. The van der Waals surface area contributed by atoms with Crippen LogP contribution in [0, 0.1) is 13.8 Å². The lowest BCUT2D eigenvalue weighted by Gasteiger charge is -2.18. The fourth-order valence-corrected chi connectivity index (χ4v) is 6.86. The number of amides is 1. The fraction of sp³-hybridized carbons (Fsp3) is 0.500. The van der Waals surface area contributed by atoms with E-state index in [2.05, 4.69) is 30.7 Å². The fourth-order valence-electron chi connectivity index (χ4n) is 6.86. The van der Waals surface area contributed by atoms with Crippen molar-refractivity contribution < 1.29 is 38.7 Å². The van der Waals surface area contributed by atoms with E-state index in [0.717, 1.165) is 56.4 Å². The van der Waals surface area contributed by atoms with Gasteiger partial charge in [-0.25, -0.2) is 9.78 Å². The number of carbonyl (C=O) groups excluding carboxylic acids is 1. The largest absolute Gasteiger partial charge is 0.478 e. The van der Waals surface area contributed by atoms with Gasteiger partial charge in [-0.05, 0) is 74.1 Å². The number of aliphatic hydroxyl groups is 1. The summed E-state index contributed by atoms with van der Waals surface area (Å²) in [6.07, 6.45) is 1.16.